The second-order valence-electron chi connectivity index (χ2n) is 6.06. The summed E-state index contributed by atoms with van der Waals surface area (Å²) >= 11 is 0. The van der Waals surface area contributed by atoms with Gasteiger partial charge in [0.15, 0.2) is 23.9 Å². The summed E-state index contributed by atoms with van der Waals surface area (Å²) in [4.78, 5) is 23.4. The number of benzene rings is 2. The highest BCUT2D eigenvalue weighted by atomic mass is 16.6. The van der Waals surface area contributed by atoms with Gasteiger partial charge < -0.3 is 19.5 Å². The fourth-order valence-corrected chi connectivity index (χ4v) is 2.63. The molecule has 3 rings (SSSR count). The average Bonchev–Trinajstić information content (AvgIpc) is 2.66. The summed E-state index contributed by atoms with van der Waals surface area (Å²) in [6.45, 7) is 4.36. The van der Waals surface area contributed by atoms with Crippen molar-refractivity contribution in [2.24, 2.45) is 0 Å². The van der Waals surface area contributed by atoms with E-state index in [1.807, 2.05) is 25.1 Å². The van der Waals surface area contributed by atoms with E-state index in [4.69, 9.17) is 14.2 Å². The molecule has 0 saturated carbocycles. The first-order chi connectivity index (χ1) is 12.5. The van der Waals surface area contributed by atoms with Crippen LogP contribution in [-0.4, -0.2) is 31.5 Å². The Morgan fingerprint density at radius 3 is 2.46 bits per heavy atom. The number of nitrogens with one attached hydrogen (secondary N) is 1. The van der Waals surface area contributed by atoms with Crippen LogP contribution < -0.4 is 19.5 Å². The highest BCUT2D eigenvalue weighted by Gasteiger charge is 2.16. The van der Waals surface area contributed by atoms with E-state index in [0.29, 0.717) is 30.3 Å². The van der Waals surface area contributed by atoms with Crippen LogP contribution in [0.4, 0.5) is 0 Å². The predicted molar refractivity (Wildman–Crippen MR) is 95.9 cm³/mol. The number of fused-ring (bicyclic) bond motifs is 1. The molecule has 0 bridgehead atoms. The summed E-state index contributed by atoms with van der Waals surface area (Å²) < 4.78 is 16.5. The van der Waals surface area contributed by atoms with E-state index >= 15 is 0 Å². The van der Waals surface area contributed by atoms with E-state index in [0.717, 1.165) is 11.3 Å². The van der Waals surface area contributed by atoms with Gasteiger partial charge >= 0.3 is 0 Å². The molecule has 0 aliphatic carbocycles. The van der Waals surface area contributed by atoms with Crippen LogP contribution in [0.2, 0.25) is 0 Å². The molecule has 1 atom stereocenters. The lowest BCUT2D eigenvalue weighted by Crippen LogP contribution is -2.31. The first-order valence-electron chi connectivity index (χ1n) is 8.45. The molecule has 136 valence electrons. The van der Waals surface area contributed by atoms with E-state index in [1.165, 1.54) is 6.92 Å². The van der Waals surface area contributed by atoms with Crippen LogP contribution >= 0.6 is 0 Å². The Balaban J connectivity index is 1.53. The molecular formula is C20H21NO5. The van der Waals surface area contributed by atoms with Crippen molar-refractivity contribution in [1.82, 2.24) is 5.32 Å². The maximum absolute atomic E-state index is 12.1. The highest BCUT2D eigenvalue weighted by molar-refractivity contribution is 5.94. The van der Waals surface area contributed by atoms with Crippen molar-refractivity contribution < 1.29 is 23.8 Å². The van der Waals surface area contributed by atoms with E-state index in [1.54, 1.807) is 24.3 Å². The van der Waals surface area contributed by atoms with Gasteiger partial charge in [0.05, 0.1) is 6.04 Å². The molecule has 1 heterocycles. The number of rotatable bonds is 6. The van der Waals surface area contributed by atoms with Crippen molar-refractivity contribution in [3.05, 3.63) is 53.6 Å². The van der Waals surface area contributed by atoms with Crippen LogP contribution in [-0.2, 0) is 4.79 Å². The predicted octanol–water partition coefficient (Wildman–Crippen LogP) is 2.92. The molecule has 0 aromatic heterocycles. The van der Waals surface area contributed by atoms with Gasteiger partial charge in [-0.05, 0) is 55.8 Å². The van der Waals surface area contributed by atoms with Gasteiger partial charge in [-0.3, -0.25) is 9.59 Å². The van der Waals surface area contributed by atoms with Gasteiger partial charge in [0.1, 0.15) is 19.0 Å². The second kappa shape index (κ2) is 7.91. The Labute approximate surface area is 152 Å². The molecule has 26 heavy (non-hydrogen) atoms. The van der Waals surface area contributed by atoms with Crippen molar-refractivity contribution in [2.45, 2.75) is 19.9 Å². The van der Waals surface area contributed by atoms with Crippen LogP contribution in [0.5, 0.6) is 17.2 Å². The Hall–Kier alpha value is -3.02. The van der Waals surface area contributed by atoms with Crippen molar-refractivity contribution in [3.8, 4) is 17.2 Å². The van der Waals surface area contributed by atoms with Crippen LogP contribution in [0.1, 0.15) is 35.8 Å². The van der Waals surface area contributed by atoms with E-state index < -0.39 is 0 Å². The molecule has 1 aliphatic heterocycles. The molecule has 6 nitrogen and oxygen atoms in total. The van der Waals surface area contributed by atoms with Crippen molar-refractivity contribution in [1.29, 1.82) is 0 Å². The van der Waals surface area contributed by atoms with Crippen LogP contribution in [0.3, 0.4) is 0 Å². The maximum atomic E-state index is 12.1. The zero-order chi connectivity index (χ0) is 18.5. The molecule has 1 N–H and O–H groups in total. The monoisotopic (exact) mass is 355 g/mol. The zero-order valence-corrected chi connectivity index (χ0v) is 14.8. The summed E-state index contributed by atoms with van der Waals surface area (Å²) in [5.41, 5.74) is 1.53. The van der Waals surface area contributed by atoms with Gasteiger partial charge in [-0.1, -0.05) is 6.07 Å². The van der Waals surface area contributed by atoms with Gasteiger partial charge in [-0.15, -0.1) is 0 Å². The van der Waals surface area contributed by atoms with Crippen LogP contribution in [0.25, 0.3) is 0 Å². The lowest BCUT2D eigenvalue weighted by molar-refractivity contribution is -0.123. The third kappa shape index (κ3) is 4.33. The molecule has 6 heteroatoms. The minimum absolute atomic E-state index is 0.0115. The van der Waals surface area contributed by atoms with E-state index in [2.05, 4.69) is 5.32 Å². The van der Waals surface area contributed by atoms with Crippen LogP contribution in [0.15, 0.2) is 42.5 Å². The number of ether oxygens (including phenoxy) is 3. The smallest absolute Gasteiger partial charge is 0.258 e. The number of ketones is 1. The molecule has 1 aliphatic rings. The first-order valence-corrected chi connectivity index (χ1v) is 8.45. The summed E-state index contributed by atoms with van der Waals surface area (Å²) in [5, 5.41) is 2.89. The molecule has 0 unspecified atom stereocenters. The molecule has 0 spiro atoms. The quantitative estimate of drug-likeness (QED) is 0.807. The molecule has 2 aromatic carbocycles. The largest absolute Gasteiger partial charge is 0.486 e. The summed E-state index contributed by atoms with van der Waals surface area (Å²) in [5.74, 6) is 1.70. The molecule has 0 radical (unpaired) electrons. The molecule has 2 aromatic rings. The lowest BCUT2D eigenvalue weighted by Gasteiger charge is -2.21. The van der Waals surface area contributed by atoms with Gasteiger partial charge in [-0.25, -0.2) is 0 Å². The maximum Gasteiger partial charge on any atom is 0.258 e. The molecule has 0 saturated heterocycles. The SMILES string of the molecule is CC(=O)c1ccc(OCC(=O)N[C@@H](C)c2ccc3c(c2)OCCO3)cc1. The average molecular weight is 355 g/mol. The minimum atomic E-state index is -0.233. The standard InChI is InChI=1S/C20H21NO5/c1-13(16-5-8-18-19(11-16)25-10-9-24-18)21-20(23)12-26-17-6-3-15(4-7-17)14(2)22/h3-8,11,13H,9-10,12H2,1-2H3,(H,21,23)/t13-/m0/s1. The summed E-state index contributed by atoms with van der Waals surface area (Å²) in [6, 6.07) is 12.1. The number of amides is 1. The van der Waals surface area contributed by atoms with E-state index in [9.17, 15) is 9.59 Å². The Bertz CT molecular complexity index is 800. The molecule has 1 amide bonds. The summed E-state index contributed by atoms with van der Waals surface area (Å²) in [6.07, 6.45) is 0. The van der Waals surface area contributed by atoms with Gasteiger partial charge in [0, 0.05) is 5.56 Å². The first kappa shape index (κ1) is 17.8. The molecule has 0 fully saturated rings. The molecular weight excluding hydrogens is 334 g/mol. The van der Waals surface area contributed by atoms with Crippen molar-refractivity contribution in [3.63, 3.8) is 0 Å². The van der Waals surface area contributed by atoms with Crippen molar-refractivity contribution >= 4 is 11.7 Å². The third-order valence-electron chi connectivity index (χ3n) is 4.07. The fraction of sp³-hybridized carbons (Fsp3) is 0.300. The van der Waals surface area contributed by atoms with E-state index in [-0.39, 0.29) is 24.3 Å². The normalized spacial score (nSPS) is 13.6. The zero-order valence-electron chi connectivity index (χ0n) is 14.8. The highest BCUT2D eigenvalue weighted by Crippen LogP contribution is 2.32. The Kier molecular flexibility index (Phi) is 5.41. The topological polar surface area (TPSA) is 73.9 Å². The number of carbonyl (C=O) groups is 2. The Morgan fingerprint density at radius 2 is 1.77 bits per heavy atom. The fourth-order valence-electron chi connectivity index (χ4n) is 2.63. The Morgan fingerprint density at radius 1 is 1.08 bits per heavy atom. The second-order valence-corrected chi connectivity index (χ2v) is 6.06. The number of Topliss-reactive ketones (excluding diaryl/α,β-unsaturated/α-hetero) is 1. The third-order valence-corrected chi connectivity index (χ3v) is 4.07. The van der Waals surface area contributed by atoms with Gasteiger partial charge in [0.25, 0.3) is 5.91 Å². The van der Waals surface area contributed by atoms with Crippen molar-refractivity contribution in [2.75, 3.05) is 19.8 Å². The van der Waals surface area contributed by atoms with Gasteiger partial charge in [0.2, 0.25) is 0 Å². The number of hydrogen-bond acceptors (Lipinski definition) is 5. The van der Waals surface area contributed by atoms with Gasteiger partial charge in [-0.2, -0.15) is 0 Å². The lowest BCUT2D eigenvalue weighted by atomic mass is 10.1. The summed E-state index contributed by atoms with van der Waals surface area (Å²) in [7, 11) is 0. The number of carbonyl (C=O) groups excluding carboxylic acids is 2. The minimum Gasteiger partial charge on any atom is -0.486 e. The van der Waals surface area contributed by atoms with Crippen LogP contribution in [0, 0.1) is 0 Å². The number of hydrogen-bond donors (Lipinski definition) is 1.